The summed E-state index contributed by atoms with van der Waals surface area (Å²) in [5, 5.41) is 15.9. The average molecular weight is 315 g/mol. The topological polar surface area (TPSA) is 84.2 Å². The number of carbonyl (C=O) groups excluding carboxylic acids is 1. The number of aromatic nitrogens is 2. The predicted molar refractivity (Wildman–Crippen MR) is 86.4 cm³/mol. The Kier molecular flexibility index (Phi) is 5.16. The molecule has 1 heterocycles. The van der Waals surface area contributed by atoms with Gasteiger partial charge in [-0.05, 0) is 30.5 Å². The van der Waals surface area contributed by atoms with Gasteiger partial charge in [0.2, 0.25) is 0 Å². The number of benzene rings is 1. The maximum atomic E-state index is 12.3. The molecule has 0 aliphatic rings. The summed E-state index contributed by atoms with van der Waals surface area (Å²) in [6.45, 7) is 7.19. The second-order valence-electron chi connectivity index (χ2n) is 5.90. The number of hydrogen-bond donors (Lipinski definition) is 2. The zero-order valence-corrected chi connectivity index (χ0v) is 13.5. The van der Waals surface area contributed by atoms with Crippen molar-refractivity contribution in [2.24, 2.45) is 5.92 Å². The van der Waals surface area contributed by atoms with Crippen molar-refractivity contribution in [2.75, 3.05) is 0 Å². The van der Waals surface area contributed by atoms with Crippen molar-refractivity contribution in [3.05, 3.63) is 52.8 Å². The van der Waals surface area contributed by atoms with E-state index in [4.69, 9.17) is 5.11 Å². The molecule has 0 unspecified atom stereocenters. The van der Waals surface area contributed by atoms with E-state index in [0.29, 0.717) is 18.0 Å². The molecule has 0 spiro atoms. The molecule has 1 amide bonds. The van der Waals surface area contributed by atoms with Gasteiger partial charge in [-0.15, -0.1) is 0 Å². The third-order valence-corrected chi connectivity index (χ3v) is 3.54. The smallest absolute Gasteiger partial charge is 0.335 e. The van der Waals surface area contributed by atoms with Gasteiger partial charge in [-0.1, -0.05) is 26.0 Å². The van der Waals surface area contributed by atoms with Crippen LogP contribution in [0.5, 0.6) is 0 Å². The number of nitrogens with zero attached hydrogens (tertiary/aromatic N) is 2. The van der Waals surface area contributed by atoms with Crippen LogP contribution in [0.3, 0.4) is 0 Å². The van der Waals surface area contributed by atoms with Crippen LogP contribution in [0.25, 0.3) is 0 Å². The molecule has 1 aromatic heterocycles. The number of aromatic carboxylic acids is 1. The summed E-state index contributed by atoms with van der Waals surface area (Å²) < 4.78 is 1.83. The SMILES string of the molecule is Cc1c(C(=O)NCc2ccc(C(=O)O)cc2)cnn1CC(C)C. The number of hydrogen-bond acceptors (Lipinski definition) is 3. The van der Waals surface area contributed by atoms with E-state index < -0.39 is 5.97 Å². The molecule has 23 heavy (non-hydrogen) atoms. The molecule has 2 aromatic rings. The van der Waals surface area contributed by atoms with Crippen LogP contribution in [0.15, 0.2) is 30.5 Å². The molecule has 0 saturated carbocycles. The Bertz CT molecular complexity index is 702. The average Bonchev–Trinajstić information content (AvgIpc) is 2.86. The predicted octanol–water partition coefficient (Wildman–Crippen LogP) is 2.48. The van der Waals surface area contributed by atoms with Crippen molar-refractivity contribution in [3.63, 3.8) is 0 Å². The molecular formula is C17H21N3O3. The summed E-state index contributed by atoms with van der Waals surface area (Å²) in [5.41, 5.74) is 2.48. The number of carboxylic acid groups (broad SMARTS) is 1. The lowest BCUT2D eigenvalue weighted by Crippen LogP contribution is -2.23. The highest BCUT2D eigenvalue weighted by Gasteiger charge is 2.14. The Morgan fingerprint density at radius 3 is 2.48 bits per heavy atom. The van der Waals surface area contributed by atoms with Gasteiger partial charge in [-0.25, -0.2) is 4.79 Å². The number of rotatable bonds is 6. The van der Waals surface area contributed by atoms with Gasteiger partial charge in [0, 0.05) is 18.8 Å². The first-order valence-corrected chi connectivity index (χ1v) is 7.51. The molecule has 1 aromatic carbocycles. The first-order valence-electron chi connectivity index (χ1n) is 7.51. The molecule has 0 aliphatic carbocycles. The Labute approximate surface area is 135 Å². The van der Waals surface area contributed by atoms with Crippen molar-refractivity contribution in [1.29, 1.82) is 0 Å². The van der Waals surface area contributed by atoms with Gasteiger partial charge in [0.1, 0.15) is 0 Å². The lowest BCUT2D eigenvalue weighted by Gasteiger charge is -2.08. The van der Waals surface area contributed by atoms with Gasteiger partial charge in [-0.2, -0.15) is 5.10 Å². The Morgan fingerprint density at radius 2 is 1.91 bits per heavy atom. The van der Waals surface area contributed by atoms with Crippen molar-refractivity contribution in [3.8, 4) is 0 Å². The fraction of sp³-hybridized carbons (Fsp3) is 0.353. The van der Waals surface area contributed by atoms with Gasteiger partial charge in [0.15, 0.2) is 0 Å². The molecule has 0 aliphatic heterocycles. The normalized spacial score (nSPS) is 10.8. The summed E-state index contributed by atoms with van der Waals surface area (Å²) in [7, 11) is 0. The maximum Gasteiger partial charge on any atom is 0.335 e. The summed E-state index contributed by atoms with van der Waals surface area (Å²) in [4.78, 5) is 23.1. The molecule has 6 heteroatoms. The lowest BCUT2D eigenvalue weighted by molar-refractivity contribution is 0.0696. The first kappa shape index (κ1) is 16.7. The number of nitrogens with one attached hydrogen (secondary N) is 1. The highest BCUT2D eigenvalue weighted by atomic mass is 16.4. The van der Waals surface area contributed by atoms with Crippen molar-refractivity contribution >= 4 is 11.9 Å². The van der Waals surface area contributed by atoms with Gasteiger partial charge in [0.25, 0.3) is 5.91 Å². The Balaban J connectivity index is 1.99. The first-order chi connectivity index (χ1) is 10.9. The molecule has 122 valence electrons. The molecule has 0 saturated heterocycles. The minimum atomic E-state index is -0.964. The van der Waals surface area contributed by atoms with Gasteiger partial charge >= 0.3 is 5.97 Å². The zero-order chi connectivity index (χ0) is 17.0. The minimum absolute atomic E-state index is 0.181. The highest BCUT2D eigenvalue weighted by molar-refractivity contribution is 5.95. The zero-order valence-electron chi connectivity index (χ0n) is 13.5. The van der Waals surface area contributed by atoms with Crippen LogP contribution in [0, 0.1) is 12.8 Å². The van der Waals surface area contributed by atoms with E-state index in [1.807, 2.05) is 11.6 Å². The van der Waals surface area contributed by atoms with Crippen LogP contribution < -0.4 is 5.32 Å². The number of amides is 1. The number of carboxylic acids is 1. The van der Waals surface area contributed by atoms with E-state index >= 15 is 0 Å². The minimum Gasteiger partial charge on any atom is -0.478 e. The third-order valence-electron chi connectivity index (χ3n) is 3.54. The van der Waals surface area contributed by atoms with Crippen molar-refractivity contribution in [1.82, 2.24) is 15.1 Å². The summed E-state index contributed by atoms with van der Waals surface area (Å²) in [6, 6.07) is 6.43. The Hall–Kier alpha value is -2.63. The second-order valence-corrected chi connectivity index (χ2v) is 5.90. The molecule has 0 atom stereocenters. The summed E-state index contributed by atoms with van der Waals surface area (Å²) >= 11 is 0. The van der Waals surface area contributed by atoms with Gasteiger partial charge in [0.05, 0.1) is 17.3 Å². The molecule has 0 bridgehead atoms. The lowest BCUT2D eigenvalue weighted by atomic mass is 10.1. The summed E-state index contributed by atoms with van der Waals surface area (Å²) in [5.74, 6) is -0.689. The molecule has 2 N–H and O–H groups in total. The van der Waals surface area contributed by atoms with Gasteiger partial charge < -0.3 is 10.4 Å². The van der Waals surface area contributed by atoms with Gasteiger partial charge in [-0.3, -0.25) is 9.48 Å². The maximum absolute atomic E-state index is 12.3. The van der Waals surface area contributed by atoms with Crippen LogP contribution in [-0.4, -0.2) is 26.8 Å². The molecule has 2 rings (SSSR count). The quantitative estimate of drug-likeness (QED) is 0.857. The standard InChI is InChI=1S/C17H21N3O3/c1-11(2)10-20-12(3)15(9-19-20)16(21)18-8-13-4-6-14(7-5-13)17(22)23/h4-7,9,11H,8,10H2,1-3H3,(H,18,21)(H,22,23). The molecule has 0 radical (unpaired) electrons. The largest absolute Gasteiger partial charge is 0.478 e. The summed E-state index contributed by atoms with van der Waals surface area (Å²) in [6.07, 6.45) is 1.58. The van der Waals surface area contributed by atoms with E-state index in [1.165, 1.54) is 12.1 Å². The van der Waals surface area contributed by atoms with E-state index in [1.54, 1.807) is 18.3 Å². The fourth-order valence-corrected chi connectivity index (χ4v) is 2.24. The molecule has 0 fully saturated rings. The fourth-order valence-electron chi connectivity index (χ4n) is 2.24. The van der Waals surface area contributed by atoms with Crippen LogP contribution in [-0.2, 0) is 13.1 Å². The van der Waals surface area contributed by atoms with Crippen LogP contribution >= 0.6 is 0 Å². The van der Waals surface area contributed by atoms with E-state index in [-0.39, 0.29) is 11.5 Å². The monoisotopic (exact) mass is 315 g/mol. The van der Waals surface area contributed by atoms with E-state index in [9.17, 15) is 9.59 Å². The molecular weight excluding hydrogens is 294 g/mol. The molecule has 6 nitrogen and oxygen atoms in total. The van der Waals surface area contributed by atoms with Crippen LogP contribution in [0.1, 0.15) is 45.8 Å². The van der Waals surface area contributed by atoms with E-state index in [2.05, 4.69) is 24.3 Å². The van der Waals surface area contributed by atoms with Crippen LogP contribution in [0.2, 0.25) is 0 Å². The van der Waals surface area contributed by atoms with E-state index in [0.717, 1.165) is 17.8 Å². The number of carbonyl (C=O) groups is 2. The van der Waals surface area contributed by atoms with Crippen molar-refractivity contribution in [2.45, 2.75) is 33.9 Å². The third kappa shape index (κ3) is 4.18. The highest BCUT2D eigenvalue weighted by Crippen LogP contribution is 2.10. The van der Waals surface area contributed by atoms with Crippen LogP contribution in [0.4, 0.5) is 0 Å². The second kappa shape index (κ2) is 7.09. The Morgan fingerprint density at radius 1 is 1.26 bits per heavy atom. The van der Waals surface area contributed by atoms with Crippen molar-refractivity contribution < 1.29 is 14.7 Å².